The van der Waals surface area contributed by atoms with E-state index in [1.165, 1.54) is 0 Å². The molecule has 1 atom stereocenters. The molecule has 0 aromatic carbocycles. The van der Waals surface area contributed by atoms with Crippen molar-refractivity contribution in [1.82, 2.24) is 10.3 Å². The first-order chi connectivity index (χ1) is 8.69. The summed E-state index contributed by atoms with van der Waals surface area (Å²) < 4.78 is 5.43. The molecule has 102 valence electrons. The minimum Gasteiger partial charge on any atom is -0.383 e. The van der Waals surface area contributed by atoms with E-state index in [0.717, 1.165) is 43.7 Å². The Balaban J connectivity index is 2.75. The van der Waals surface area contributed by atoms with E-state index in [4.69, 9.17) is 10.5 Å². The fourth-order valence-corrected chi connectivity index (χ4v) is 1.91. The fourth-order valence-electron chi connectivity index (χ4n) is 1.91. The van der Waals surface area contributed by atoms with E-state index in [1.807, 2.05) is 13.8 Å². The zero-order chi connectivity index (χ0) is 13.4. The lowest BCUT2D eigenvalue weighted by Crippen LogP contribution is -2.25. The monoisotopic (exact) mass is 251 g/mol. The van der Waals surface area contributed by atoms with Crippen LogP contribution in [-0.2, 0) is 4.74 Å². The molecule has 0 aliphatic rings. The highest BCUT2D eigenvalue weighted by atomic mass is 16.5. The molecular formula is C14H25N3O. The second-order valence-corrected chi connectivity index (χ2v) is 4.48. The van der Waals surface area contributed by atoms with Gasteiger partial charge in [-0.1, -0.05) is 6.92 Å². The number of pyridine rings is 1. The Hall–Kier alpha value is -1.13. The highest BCUT2D eigenvalue weighted by Gasteiger charge is 2.14. The molecule has 3 N–H and O–H groups in total. The number of hydrogen-bond acceptors (Lipinski definition) is 4. The van der Waals surface area contributed by atoms with Crippen LogP contribution in [0.4, 0.5) is 5.82 Å². The van der Waals surface area contributed by atoms with Crippen LogP contribution >= 0.6 is 0 Å². The van der Waals surface area contributed by atoms with Gasteiger partial charge < -0.3 is 15.8 Å². The van der Waals surface area contributed by atoms with Crippen molar-refractivity contribution in [2.75, 3.05) is 25.5 Å². The third-order valence-corrected chi connectivity index (χ3v) is 2.86. The van der Waals surface area contributed by atoms with Crippen LogP contribution in [-0.4, -0.2) is 24.7 Å². The van der Waals surface area contributed by atoms with E-state index in [1.54, 1.807) is 6.20 Å². The van der Waals surface area contributed by atoms with Crippen molar-refractivity contribution >= 4 is 5.82 Å². The van der Waals surface area contributed by atoms with Gasteiger partial charge in [-0.25, -0.2) is 4.98 Å². The van der Waals surface area contributed by atoms with Crippen molar-refractivity contribution < 1.29 is 4.74 Å². The quantitative estimate of drug-likeness (QED) is 0.697. The molecule has 4 heteroatoms. The maximum absolute atomic E-state index is 5.97. The van der Waals surface area contributed by atoms with Crippen LogP contribution in [0.15, 0.2) is 12.3 Å². The highest BCUT2D eigenvalue weighted by Crippen LogP contribution is 2.22. The van der Waals surface area contributed by atoms with Crippen molar-refractivity contribution in [2.45, 2.75) is 39.7 Å². The Morgan fingerprint density at radius 3 is 2.89 bits per heavy atom. The highest BCUT2D eigenvalue weighted by molar-refractivity contribution is 5.42. The zero-order valence-corrected chi connectivity index (χ0v) is 11.7. The Kier molecular flexibility index (Phi) is 6.68. The number of nitrogens with zero attached hydrogens (tertiary/aromatic N) is 1. The Labute approximate surface area is 110 Å². The first-order valence-electron chi connectivity index (χ1n) is 6.72. The molecule has 1 aromatic heterocycles. The summed E-state index contributed by atoms with van der Waals surface area (Å²) in [5, 5.41) is 3.51. The third-order valence-electron chi connectivity index (χ3n) is 2.86. The van der Waals surface area contributed by atoms with Gasteiger partial charge in [-0.2, -0.15) is 0 Å². The number of hydrogen-bond donors (Lipinski definition) is 2. The van der Waals surface area contributed by atoms with Crippen LogP contribution in [0.5, 0.6) is 0 Å². The van der Waals surface area contributed by atoms with Crippen molar-refractivity contribution in [3.05, 3.63) is 23.4 Å². The molecule has 4 nitrogen and oxygen atoms in total. The topological polar surface area (TPSA) is 60.2 Å². The van der Waals surface area contributed by atoms with Gasteiger partial charge in [-0.15, -0.1) is 0 Å². The smallest absolute Gasteiger partial charge is 0.128 e. The van der Waals surface area contributed by atoms with E-state index in [2.05, 4.69) is 23.3 Å². The van der Waals surface area contributed by atoms with Crippen molar-refractivity contribution in [3.63, 3.8) is 0 Å². The molecule has 1 unspecified atom stereocenters. The largest absolute Gasteiger partial charge is 0.383 e. The van der Waals surface area contributed by atoms with Crippen LogP contribution in [0.2, 0.25) is 0 Å². The summed E-state index contributed by atoms with van der Waals surface area (Å²) in [5.41, 5.74) is 8.20. The summed E-state index contributed by atoms with van der Waals surface area (Å²) in [7, 11) is 0. The van der Waals surface area contributed by atoms with Crippen LogP contribution in [0.25, 0.3) is 0 Å². The second-order valence-electron chi connectivity index (χ2n) is 4.48. The van der Waals surface area contributed by atoms with E-state index >= 15 is 0 Å². The summed E-state index contributed by atoms with van der Waals surface area (Å²) >= 11 is 0. The minimum atomic E-state index is 0.226. The van der Waals surface area contributed by atoms with E-state index in [9.17, 15) is 0 Å². The van der Waals surface area contributed by atoms with E-state index in [-0.39, 0.29) is 6.04 Å². The van der Waals surface area contributed by atoms with Gasteiger partial charge in [-0.05, 0) is 44.9 Å². The fraction of sp³-hybridized carbons (Fsp3) is 0.643. The number of nitrogens with one attached hydrogen (secondary N) is 1. The average molecular weight is 251 g/mol. The first-order valence-corrected chi connectivity index (χ1v) is 6.72. The van der Waals surface area contributed by atoms with E-state index in [0.29, 0.717) is 5.82 Å². The molecule has 0 bridgehead atoms. The molecule has 0 amide bonds. The third kappa shape index (κ3) is 4.63. The maximum atomic E-state index is 5.97. The standard InChI is InChI=1S/C14H25N3O/c1-4-7-16-13(6-8-18-5-2)12-9-11(3)10-17-14(12)15/h9-10,13,16H,4-8H2,1-3H3,(H2,15,17). The number of anilines is 1. The second kappa shape index (κ2) is 8.06. The van der Waals surface area contributed by atoms with Crippen LogP contribution in [0.3, 0.4) is 0 Å². The average Bonchev–Trinajstić information content (AvgIpc) is 2.37. The van der Waals surface area contributed by atoms with Crippen LogP contribution < -0.4 is 11.1 Å². The summed E-state index contributed by atoms with van der Waals surface area (Å²) in [6.45, 7) is 8.67. The number of aryl methyl sites for hydroxylation is 1. The van der Waals surface area contributed by atoms with Gasteiger partial charge in [0.1, 0.15) is 5.82 Å². The van der Waals surface area contributed by atoms with Gasteiger partial charge in [0.15, 0.2) is 0 Å². The maximum Gasteiger partial charge on any atom is 0.128 e. The van der Waals surface area contributed by atoms with Crippen molar-refractivity contribution in [2.24, 2.45) is 0 Å². The van der Waals surface area contributed by atoms with Crippen LogP contribution in [0, 0.1) is 6.92 Å². The Morgan fingerprint density at radius 1 is 1.44 bits per heavy atom. The summed E-state index contributed by atoms with van der Waals surface area (Å²) in [6.07, 6.45) is 3.83. The van der Waals surface area contributed by atoms with Crippen LogP contribution in [0.1, 0.15) is 43.9 Å². The number of nitrogen functional groups attached to an aromatic ring is 1. The summed E-state index contributed by atoms with van der Waals surface area (Å²) in [4.78, 5) is 4.23. The number of rotatable bonds is 8. The Morgan fingerprint density at radius 2 is 2.22 bits per heavy atom. The van der Waals surface area contributed by atoms with Gasteiger partial charge in [-0.3, -0.25) is 0 Å². The van der Waals surface area contributed by atoms with Gasteiger partial charge >= 0.3 is 0 Å². The lowest BCUT2D eigenvalue weighted by Gasteiger charge is -2.20. The summed E-state index contributed by atoms with van der Waals surface area (Å²) in [5.74, 6) is 0.616. The van der Waals surface area contributed by atoms with Crippen molar-refractivity contribution in [1.29, 1.82) is 0 Å². The number of nitrogens with two attached hydrogens (primary N) is 1. The summed E-state index contributed by atoms with van der Waals surface area (Å²) in [6, 6.07) is 2.34. The SMILES string of the molecule is CCCNC(CCOCC)c1cc(C)cnc1N. The van der Waals surface area contributed by atoms with Gasteiger partial charge in [0.25, 0.3) is 0 Å². The molecule has 0 saturated heterocycles. The molecule has 1 heterocycles. The predicted molar refractivity (Wildman–Crippen MR) is 75.5 cm³/mol. The molecular weight excluding hydrogens is 226 g/mol. The van der Waals surface area contributed by atoms with Gasteiger partial charge in [0.05, 0.1) is 0 Å². The first kappa shape index (κ1) is 14.9. The van der Waals surface area contributed by atoms with Gasteiger partial charge in [0.2, 0.25) is 0 Å². The molecule has 1 aromatic rings. The molecule has 0 aliphatic heterocycles. The molecule has 0 radical (unpaired) electrons. The molecule has 0 spiro atoms. The number of aromatic nitrogens is 1. The lowest BCUT2D eigenvalue weighted by molar-refractivity contribution is 0.136. The Bertz CT molecular complexity index is 355. The molecule has 1 rings (SSSR count). The zero-order valence-electron chi connectivity index (χ0n) is 11.7. The molecule has 0 fully saturated rings. The van der Waals surface area contributed by atoms with E-state index < -0.39 is 0 Å². The molecule has 0 saturated carbocycles. The minimum absolute atomic E-state index is 0.226. The molecule has 18 heavy (non-hydrogen) atoms. The lowest BCUT2D eigenvalue weighted by atomic mass is 10.0. The van der Waals surface area contributed by atoms with Crippen molar-refractivity contribution in [3.8, 4) is 0 Å². The number of ether oxygens (including phenoxy) is 1. The normalized spacial score (nSPS) is 12.6. The predicted octanol–water partition coefficient (Wildman–Crippen LogP) is 2.44. The van der Waals surface area contributed by atoms with Gasteiger partial charge in [0, 0.05) is 31.0 Å². The molecule has 0 aliphatic carbocycles.